The third kappa shape index (κ3) is 4.50. The van der Waals surface area contributed by atoms with Gasteiger partial charge in [0.1, 0.15) is 17.6 Å². The lowest BCUT2D eigenvalue weighted by Gasteiger charge is -2.24. The van der Waals surface area contributed by atoms with Crippen molar-refractivity contribution in [3.05, 3.63) is 54.2 Å². The largest absolute Gasteiger partial charge is 0.380 e. The molecule has 4 heteroatoms. The summed E-state index contributed by atoms with van der Waals surface area (Å²) in [7, 11) is 0. The Labute approximate surface area is 125 Å². The molecule has 0 amide bonds. The minimum atomic E-state index is 0.278. The highest BCUT2D eigenvalue weighted by Gasteiger charge is 2.13. The molecule has 0 aliphatic carbocycles. The third-order valence-corrected chi connectivity index (χ3v) is 3.30. The fourth-order valence-corrected chi connectivity index (χ4v) is 2.01. The van der Waals surface area contributed by atoms with Crippen LogP contribution in [0.2, 0.25) is 0 Å². The van der Waals surface area contributed by atoms with E-state index in [9.17, 15) is 0 Å². The average molecular weight is 280 g/mol. The van der Waals surface area contributed by atoms with E-state index in [0.717, 1.165) is 18.1 Å². The van der Waals surface area contributed by atoms with Gasteiger partial charge < -0.3 is 10.6 Å². The van der Waals surface area contributed by atoms with Crippen LogP contribution in [0, 0.1) is 17.2 Å². The van der Waals surface area contributed by atoms with E-state index in [-0.39, 0.29) is 6.04 Å². The van der Waals surface area contributed by atoms with Crippen LogP contribution in [0.4, 0.5) is 11.5 Å². The van der Waals surface area contributed by atoms with Crippen molar-refractivity contribution in [2.75, 3.05) is 17.2 Å². The molecule has 1 heterocycles. The van der Waals surface area contributed by atoms with Crippen molar-refractivity contribution in [2.24, 2.45) is 5.92 Å². The number of hydrogen-bond donors (Lipinski definition) is 2. The van der Waals surface area contributed by atoms with Crippen LogP contribution in [0.3, 0.4) is 0 Å². The Hall–Kier alpha value is -2.54. The molecule has 1 unspecified atom stereocenters. The predicted molar refractivity (Wildman–Crippen MR) is 86.1 cm³/mol. The van der Waals surface area contributed by atoms with Gasteiger partial charge in [-0.2, -0.15) is 5.26 Å². The van der Waals surface area contributed by atoms with Crippen molar-refractivity contribution in [1.82, 2.24) is 4.98 Å². The van der Waals surface area contributed by atoms with Crippen LogP contribution in [-0.2, 0) is 0 Å². The monoisotopic (exact) mass is 280 g/mol. The van der Waals surface area contributed by atoms with Gasteiger partial charge in [0.25, 0.3) is 0 Å². The second kappa shape index (κ2) is 7.30. The van der Waals surface area contributed by atoms with E-state index in [1.807, 2.05) is 30.3 Å². The molecule has 4 nitrogen and oxygen atoms in total. The van der Waals surface area contributed by atoms with Crippen LogP contribution in [-0.4, -0.2) is 17.6 Å². The SMILES string of the molecule is CC(C)C(CNc1cccc(C#N)n1)Nc1ccccc1. The lowest BCUT2D eigenvalue weighted by molar-refractivity contribution is 0.541. The number of hydrogen-bond acceptors (Lipinski definition) is 4. The summed E-state index contributed by atoms with van der Waals surface area (Å²) in [6.07, 6.45) is 0. The highest BCUT2D eigenvalue weighted by atomic mass is 15.0. The number of pyridine rings is 1. The highest BCUT2D eigenvalue weighted by molar-refractivity contribution is 5.45. The summed E-state index contributed by atoms with van der Waals surface area (Å²) >= 11 is 0. The molecule has 1 aromatic carbocycles. The van der Waals surface area contributed by atoms with Crippen molar-refractivity contribution in [3.8, 4) is 6.07 Å². The Morgan fingerprint density at radius 1 is 1.10 bits per heavy atom. The Morgan fingerprint density at radius 2 is 1.86 bits per heavy atom. The zero-order valence-electron chi connectivity index (χ0n) is 12.4. The van der Waals surface area contributed by atoms with Crippen molar-refractivity contribution < 1.29 is 0 Å². The molecule has 1 atom stereocenters. The number of nitrogens with zero attached hydrogens (tertiary/aromatic N) is 2. The maximum Gasteiger partial charge on any atom is 0.142 e. The average Bonchev–Trinajstić information content (AvgIpc) is 2.52. The van der Waals surface area contributed by atoms with E-state index in [1.54, 1.807) is 6.07 Å². The molecule has 21 heavy (non-hydrogen) atoms. The molecular weight excluding hydrogens is 260 g/mol. The maximum absolute atomic E-state index is 8.87. The van der Waals surface area contributed by atoms with E-state index < -0.39 is 0 Å². The lowest BCUT2D eigenvalue weighted by atomic mass is 10.0. The molecule has 0 aliphatic heterocycles. The van der Waals surface area contributed by atoms with E-state index in [0.29, 0.717) is 11.6 Å². The zero-order valence-corrected chi connectivity index (χ0v) is 12.4. The standard InChI is InChI=1S/C17H20N4/c1-13(2)16(20-14-7-4-3-5-8-14)12-19-17-10-6-9-15(11-18)21-17/h3-10,13,16,20H,12H2,1-2H3,(H,19,21). The molecule has 0 saturated carbocycles. The van der Waals surface area contributed by atoms with Gasteiger partial charge in [-0.15, -0.1) is 0 Å². The molecule has 0 spiro atoms. The summed E-state index contributed by atoms with van der Waals surface area (Å²) in [4.78, 5) is 4.23. The quantitative estimate of drug-likeness (QED) is 0.850. The van der Waals surface area contributed by atoms with Crippen LogP contribution in [0.15, 0.2) is 48.5 Å². The highest BCUT2D eigenvalue weighted by Crippen LogP contribution is 2.13. The minimum absolute atomic E-state index is 0.278. The molecular formula is C17H20N4. The smallest absolute Gasteiger partial charge is 0.142 e. The van der Waals surface area contributed by atoms with Gasteiger partial charge in [0.15, 0.2) is 0 Å². The van der Waals surface area contributed by atoms with Crippen LogP contribution in [0.25, 0.3) is 0 Å². The number of rotatable bonds is 6. The first-order valence-corrected chi connectivity index (χ1v) is 7.11. The predicted octanol–water partition coefficient (Wildman–Crippen LogP) is 3.50. The van der Waals surface area contributed by atoms with Gasteiger partial charge in [-0.25, -0.2) is 4.98 Å². The summed E-state index contributed by atoms with van der Waals surface area (Å²) in [5.41, 5.74) is 1.54. The number of aromatic nitrogens is 1. The molecule has 108 valence electrons. The molecule has 0 radical (unpaired) electrons. The first-order chi connectivity index (χ1) is 10.2. The molecule has 1 aromatic heterocycles. The van der Waals surface area contributed by atoms with Crippen molar-refractivity contribution in [3.63, 3.8) is 0 Å². The summed E-state index contributed by atoms with van der Waals surface area (Å²) < 4.78 is 0. The van der Waals surface area contributed by atoms with Crippen molar-refractivity contribution in [2.45, 2.75) is 19.9 Å². The van der Waals surface area contributed by atoms with Crippen LogP contribution in [0.1, 0.15) is 19.5 Å². The van der Waals surface area contributed by atoms with Gasteiger partial charge in [0.05, 0.1) is 0 Å². The summed E-state index contributed by atoms with van der Waals surface area (Å²) in [6, 6.07) is 17.9. The molecule has 2 aromatic rings. The first-order valence-electron chi connectivity index (χ1n) is 7.11. The van der Waals surface area contributed by atoms with Crippen LogP contribution < -0.4 is 10.6 Å². The number of nitrogens with one attached hydrogen (secondary N) is 2. The van der Waals surface area contributed by atoms with Crippen molar-refractivity contribution >= 4 is 11.5 Å². The summed E-state index contributed by atoms with van der Waals surface area (Å²) in [5.74, 6) is 1.20. The van der Waals surface area contributed by atoms with Gasteiger partial charge in [0.2, 0.25) is 0 Å². The number of nitriles is 1. The topological polar surface area (TPSA) is 60.7 Å². The Bertz CT molecular complexity index is 602. The van der Waals surface area contributed by atoms with Gasteiger partial charge in [0, 0.05) is 18.3 Å². The Balaban J connectivity index is 1.98. The van der Waals surface area contributed by atoms with E-state index in [1.165, 1.54) is 0 Å². The molecule has 0 fully saturated rings. The number of para-hydroxylation sites is 1. The summed E-state index contributed by atoms with van der Waals surface area (Å²) in [6.45, 7) is 5.11. The van der Waals surface area contributed by atoms with Gasteiger partial charge in [-0.05, 0) is 30.2 Å². The van der Waals surface area contributed by atoms with Crippen LogP contribution >= 0.6 is 0 Å². The fourth-order valence-electron chi connectivity index (χ4n) is 2.01. The van der Waals surface area contributed by atoms with E-state index in [4.69, 9.17) is 5.26 Å². The van der Waals surface area contributed by atoms with Gasteiger partial charge >= 0.3 is 0 Å². The number of benzene rings is 1. The molecule has 2 N–H and O–H groups in total. The normalized spacial score (nSPS) is 11.7. The Kier molecular flexibility index (Phi) is 5.16. The number of anilines is 2. The van der Waals surface area contributed by atoms with Crippen LogP contribution in [0.5, 0.6) is 0 Å². The minimum Gasteiger partial charge on any atom is -0.380 e. The molecule has 0 bridgehead atoms. The van der Waals surface area contributed by atoms with Gasteiger partial charge in [-0.3, -0.25) is 0 Å². The maximum atomic E-state index is 8.87. The molecule has 2 rings (SSSR count). The van der Waals surface area contributed by atoms with Gasteiger partial charge in [-0.1, -0.05) is 38.1 Å². The van der Waals surface area contributed by atoms with Crippen molar-refractivity contribution in [1.29, 1.82) is 5.26 Å². The molecule has 0 aliphatic rings. The second-order valence-corrected chi connectivity index (χ2v) is 5.26. The third-order valence-electron chi connectivity index (χ3n) is 3.30. The van der Waals surface area contributed by atoms with E-state index in [2.05, 4.69) is 47.7 Å². The summed E-state index contributed by atoms with van der Waals surface area (Å²) in [5, 5.41) is 15.7. The zero-order chi connectivity index (χ0) is 15.1. The fraction of sp³-hybridized carbons (Fsp3) is 0.294. The Morgan fingerprint density at radius 3 is 2.52 bits per heavy atom. The lowest BCUT2D eigenvalue weighted by Crippen LogP contribution is -2.33. The first kappa shape index (κ1) is 14.9. The molecule has 0 saturated heterocycles. The van der Waals surface area contributed by atoms with E-state index >= 15 is 0 Å². The second-order valence-electron chi connectivity index (χ2n) is 5.26.